The van der Waals surface area contributed by atoms with E-state index in [0.29, 0.717) is 23.6 Å². The molecule has 0 aromatic carbocycles. The maximum Gasteiger partial charge on any atom is 0.104 e. The average Bonchev–Trinajstić information content (AvgIpc) is 2.74. The van der Waals surface area contributed by atoms with Crippen molar-refractivity contribution in [2.75, 3.05) is 12.5 Å². The molecule has 0 aromatic heterocycles. The summed E-state index contributed by atoms with van der Waals surface area (Å²) < 4.78 is 0. The Kier molecular flexibility index (Phi) is 2.60. The van der Waals surface area contributed by atoms with Gasteiger partial charge in [-0.05, 0) is 31.1 Å². The van der Waals surface area contributed by atoms with Crippen molar-refractivity contribution in [2.24, 2.45) is 23.2 Å². The van der Waals surface area contributed by atoms with Crippen LogP contribution in [0.1, 0.15) is 13.3 Å². The predicted molar refractivity (Wildman–Crippen MR) is 57.9 cm³/mol. The zero-order chi connectivity index (χ0) is 10.2. The fourth-order valence-electron chi connectivity index (χ4n) is 2.88. The Labute approximate surface area is 90.1 Å². The SMILES string of the molecule is CC1(C#CCO)C2C=CC(C2)C1CCl. The molecule has 0 spiro atoms. The van der Waals surface area contributed by atoms with Crippen molar-refractivity contribution >= 4 is 11.6 Å². The number of allylic oxidation sites excluding steroid dienone is 2. The molecule has 14 heavy (non-hydrogen) atoms. The highest BCUT2D eigenvalue weighted by Gasteiger charge is 2.51. The van der Waals surface area contributed by atoms with E-state index in [1.54, 1.807) is 0 Å². The number of hydrogen-bond acceptors (Lipinski definition) is 1. The zero-order valence-corrected chi connectivity index (χ0v) is 9.09. The molecular formula is C12H15ClO. The topological polar surface area (TPSA) is 20.2 Å². The molecule has 76 valence electrons. The quantitative estimate of drug-likeness (QED) is 0.399. The van der Waals surface area contributed by atoms with Crippen molar-refractivity contribution in [2.45, 2.75) is 13.3 Å². The third-order valence-electron chi connectivity index (χ3n) is 3.78. The lowest BCUT2D eigenvalue weighted by molar-refractivity contribution is 0.270. The largest absolute Gasteiger partial charge is 0.384 e. The summed E-state index contributed by atoms with van der Waals surface area (Å²) in [6.45, 7) is 2.13. The van der Waals surface area contributed by atoms with Crippen LogP contribution in [-0.2, 0) is 0 Å². The van der Waals surface area contributed by atoms with Crippen LogP contribution in [0.15, 0.2) is 12.2 Å². The normalized spacial score (nSPS) is 43.8. The van der Waals surface area contributed by atoms with Crippen LogP contribution in [0.25, 0.3) is 0 Å². The predicted octanol–water partition coefficient (Wildman–Crippen LogP) is 2.05. The minimum Gasteiger partial charge on any atom is -0.384 e. The fraction of sp³-hybridized carbons (Fsp3) is 0.667. The summed E-state index contributed by atoms with van der Waals surface area (Å²) in [5.41, 5.74) is -0.0100. The lowest BCUT2D eigenvalue weighted by atomic mass is 9.71. The van der Waals surface area contributed by atoms with Gasteiger partial charge in [0, 0.05) is 11.3 Å². The van der Waals surface area contributed by atoms with Crippen LogP contribution in [0, 0.1) is 35.0 Å². The van der Waals surface area contributed by atoms with Gasteiger partial charge in [-0.1, -0.05) is 24.0 Å². The van der Waals surface area contributed by atoms with Crippen molar-refractivity contribution in [1.82, 2.24) is 0 Å². The van der Waals surface area contributed by atoms with Gasteiger partial charge in [0.1, 0.15) is 6.61 Å². The molecule has 1 saturated carbocycles. The number of aliphatic hydroxyl groups excluding tert-OH is 1. The molecule has 1 N–H and O–H groups in total. The molecule has 1 fully saturated rings. The molecule has 2 aliphatic rings. The molecule has 0 aliphatic heterocycles. The summed E-state index contributed by atoms with van der Waals surface area (Å²) in [4.78, 5) is 0. The Hall–Kier alpha value is -0.450. The molecule has 0 radical (unpaired) electrons. The van der Waals surface area contributed by atoms with Gasteiger partial charge in [0.25, 0.3) is 0 Å². The Morgan fingerprint density at radius 3 is 3.00 bits per heavy atom. The van der Waals surface area contributed by atoms with Crippen molar-refractivity contribution in [3.05, 3.63) is 12.2 Å². The van der Waals surface area contributed by atoms with E-state index in [1.807, 2.05) is 0 Å². The summed E-state index contributed by atoms with van der Waals surface area (Å²) >= 11 is 6.00. The van der Waals surface area contributed by atoms with Gasteiger partial charge < -0.3 is 5.11 Å². The minimum atomic E-state index is -0.0499. The second-order valence-electron chi connectivity index (χ2n) is 4.39. The number of halogens is 1. The van der Waals surface area contributed by atoms with E-state index in [1.165, 1.54) is 6.42 Å². The highest BCUT2D eigenvalue weighted by molar-refractivity contribution is 6.18. The van der Waals surface area contributed by atoms with E-state index in [9.17, 15) is 0 Å². The summed E-state index contributed by atoms with van der Waals surface area (Å²) in [5, 5.41) is 8.75. The highest BCUT2D eigenvalue weighted by Crippen LogP contribution is 2.55. The molecule has 2 bridgehead atoms. The van der Waals surface area contributed by atoms with Crippen LogP contribution in [0.2, 0.25) is 0 Å². The van der Waals surface area contributed by atoms with Gasteiger partial charge in [-0.2, -0.15) is 0 Å². The maximum absolute atomic E-state index is 8.75. The molecule has 2 heteroatoms. The fourth-order valence-corrected chi connectivity index (χ4v) is 3.43. The third kappa shape index (κ3) is 1.29. The van der Waals surface area contributed by atoms with Crippen LogP contribution >= 0.6 is 11.6 Å². The first-order chi connectivity index (χ1) is 6.72. The van der Waals surface area contributed by atoms with Crippen LogP contribution in [0.4, 0.5) is 0 Å². The highest BCUT2D eigenvalue weighted by atomic mass is 35.5. The van der Waals surface area contributed by atoms with Crippen molar-refractivity contribution in [1.29, 1.82) is 0 Å². The number of hydrogen-bond donors (Lipinski definition) is 1. The van der Waals surface area contributed by atoms with E-state index in [2.05, 4.69) is 30.9 Å². The van der Waals surface area contributed by atoms with E-state index >= 15 is 0 Å². The van der Waals surface area contributed by atoms with Crippen LogP contribution in [0.5, 0.6) is 0 Å². The van der Waals surface area contributed by atoms with Gasteiger partial charge in [0.2, 0.25) is 0 Å². The standard InChI is InChI=1S/C12H15ClO/c1-12(5-2-6-14)10-4-3-9(7-10)11(12)8-13/h3-4,9-11,14H,6-8H2,1H3. The first-order valence-electron chi connectivity index (χ1n) is 5.07. The molecule has 1 nitrogen and oxygen atoms in total. The van der Waals surface area contributed by atoms with Gasteiger partial charge in [-0.15, -0.1) is 11.6 Å². The first kappa shape index (κ1) is 10.1. The van der Waals surface area contributed by atoms with Gasteiger partial charge in [-0.3, -0.25) is 0 Å². The van der Waals surface area contributed by atoms with Crippen LogP contribution in [0.3, 0.4) is 0 Å². The van der Waals surface area contributed by atoms with Crippen molar-refractivity contribution < 1.29 is 5.11 Å². The van der Waals surface area contributed by atoms with Crippen LogP contribution < -0.4 is 0 Å². The number of rotatable bonds is 1. The number of fused-ring (bicyclic) bond motifs is 2. The van der Waals surface area contributed by atoms with E-state index in [0.717, 1.165) is 0 Å². The van der Waals surface area contributed by atoms with E-state index < -0.39 is 0 Å². The summed E-state index contributed by atoms with van der Waals surface area (Å²) in [6.07, 6.45) is 5.73. The lowest BCUT2D eigenvalue weighted by Gasteiger charge is -2.33. The molecule has 0 heterocycles. The average molecular weight is 211 g/mol. The van der Waals surface area contributed by atoms with Gasteiger partial charge in [0.15, 0.2) is 0 Å². The maximum atomic E-state index is 8.75. The first-order valence-corrected chi connectivity index (χ1v) is 5.61. The zero-order valence-electron chi connectivity index (χ0n) is 8.33. The molecule has 4 atom stereocenters. The van der Waals surface area contributed by atoms with Crippen molar-refractivity contribution in [3.63, 3.8) is 0 Å². The monoisotopic (exact) mass is 210 g/mol. The molecule has 4 unspecified atom stereocenters. The third-order valence-corrected chi connectivity index (χ3v) is 4.11. The molecule has 0 amide bonds. The Morgan fingerprint density at radius 1 is 1.57 bits per heavy atom. The molecule has 0 saturated heterocycles. The summed E-state index contributed by atoms with van der Waals surface area (Å²) in [6, 6.07) is 0. The number of alkyl halides is 1. The van der Waals surface area contributed by atoms with Crippen LogP contribution in [-0.4, -0.2) is 17.6 Å². The lowest BCUT2D eigenvalue weighted by Crippen LogP contribution is -2.31. The molecular weight excluding hydrogens is 196 g/mol. The summed E-state index contributed by atoms with van der Waals surface area (Å²) in [5.74, 6) is 8.27. The second kappa shape index (κ2) is 3.61. The van der Waals surface area contributed by atoms with Gasteiger partial charge >= 0.3 is 0 Å². The molecule has 2 rings (SSSR count). The molecule has 2 aliphatic carbocycles. The van der Waals surface area contributed by atoms with E-state index in [4.69, 9.17) is 16.7 Å². The number of aliphatic hydroxyl groups is 1. The Balaban J connectivity index is 2.29. The Bertz CT molecular complexity index is 312. The molecule has 0 aromatic rings. The summed E-state index contributed by atoms with van der Waals surface area (Å²) in [7, 11) is 0. The van der Waals surface area contributed by atoms with Gasteiger partial charge in [-0.25, -0.2) is 0 Å². The smallest absolute Gasteiger partial charge is 0.104 e. The van der Waals surface area contributed by atoms with Crippen molar-refractivity contribution in [3.8, 4) is 11.8 Å². The second-order valence-corrected chi connectivity index (χ2v) is 4.70. The minimum absolute atomic E-state index is 0.0100. The van der Waals surface area contributed by atoms with Gasteiger partial charge in [0.05, 0.1) is 0 Å². The Morgan fingerprint density at radius 2 is 2.36 bits per heavy atom. The van der Waals surface area contributed by atoms with E-state index in [-0.39, 0.29) is 12.0 Å².